The van der Waals surface area contributed by atoms with Crippen LogP contribution in [0.2, 0.25) is 0 Å². The van der Waals surface area contributed by atoms with Gasteiger partial charge in [-0.25, -0.2) is 0 Å². The van der Waals surface area contributed by atoms with Crippen LogP contribution >= 0.6 is 0 Å². The van der Waals surface area contributed by atoms with E-state index in [-0.39, 0.29) is 13.2 Å². The van der Waals surface area contributed by atoms with E-state index in [4.69, 9.17) is 52.1 Å². The first-order valence-corrected chi connectivity index (χ1v) is 19.9. The second-order valence-electron chi connectivity index (χ2n) is 15.9. The summed E-state index contributed by atoms with van der Waals surface area (Å²) in [7, 11) is 0. The predicted octanol–water partition coefficient (Wildman–Crippen LogP) is 7.10. The van der Waals surface area contributed by atoms with Gasteiger partial charge in [-0.15, -0.1) is 0 Å². The molecule has 11 heteroatoms. The average molecular weight is 783 g/mol. The zero-order chi connectivity index (χ0) is 39.2. The quantitative estimate of drug-likeness (QED) is 0.116. The number of benzene rings is 4. The van der Waals surface area contributed by atoms with Crippen LogP contribution in [-0.4, -0.2) is 86.2 Å². The lowest BCUT2D eigenvalue weighted by atomic mass is 9.97. The van der Waals surface area contributed by atoms with E-state index in [0.29, 0.717) is 26.4 Å². The van der Waals surface area contributed by atoms with Gasteiger partial charge in [-0.3, -0.25) is 0 Å². The molecule has 57 heavy (non-hydrogen) atoms. The zero-order valence-electron chi connectivity index (χ0n) is 33.1. The van der Waals surface area contributed by atoms with Crippen LogP contribution in [0.5, 0.6) is 0 Å². The van der Waals surface area contributed by atoms with E-state index < -0.39 is 73.0 Å². The fourth-order valence-electron chi connectivity index (χ4n) is 7.90. The van der Waals surface area contributed by atoms with E-state index in [1.54, 1.807) is 0 Å². The Morgan fingerprint density at radius 3 is 1.44 bits per heavy atom. The number of ether oxygens (including phenoxy) is 11. The molecule has 4 aliphatic rings. The average Bonchev–Trinajstić information content (AvgIpc) is 3.73. The van der Waals surface area contributed by atoms with E-state index in [1.165, 1.54) is 0 Å². The Hall–Kier alpha value is -3.56. The summed E-state index contributed by atoms with van der Waals surface area (Å²) in [6.07, 6.45) is -6.08. The number of rotatable bonds is 16. The Labute approximate surface area is 335 Å². The monoisotopic (exact) mass is 782 g/mol. The van der Waals surface area contributed by atoms with Gasteiger partial charge in [0.05, 0.1) is 39.6 Å². The van der Waals surface area contributed by atoms with E-state index in [1.807, 2.05) is 149 Å². The molecule has 10 atom stereocenters. The topological polar surface area (TPSA) is 102 Å². The van der Waals surface area contributed by atoms with Crippen LogP contribution in [0, 0.1) is 0 Å². The fourth-order valence-corrected chi connectivity index (χ4v) is 7.90. The fraction of sp³-hybridized carbons (Fsp3) is 0.478. The first-order chi connectivity index (χ1) is 27.7. The van der Waals surface area contributed by atoms with Gasteiger partial charge < -0.3 is 52.1 Å². The molecule has 11 nitrogen and oxygen atoms in total. The maximum Gasteiger partial charge on any atom is 0.190 e. The highest BCUT2D eigenvalue weighted by atomic mass is 16.9. The molecule has 4 aliphatic heterocycles. The van der Waals surface area contributed by atoms with Gasteiger partial charge in [0.1, 0.15) is 48.8 Å². The molecule has 304 valence electrons. The standard InChI is InChI=1S/C46H54O11/c1-45(2)54-38-36(53-44-42(40(38)55-45)56-46(3,4)57-44)30-51-43-41(50-28-34-23-15-8-16-24-34)39(49-27-33-21-13-7-14-22-33)37(48-26-32-19-11-6-12-20-32)35(52-43)29-47-25-31-17-9-5-10-18-31/h5-24,35-44H,25-30H2,1-4H3/t35?,36?,37-,38+,39?,40?,41?,42?,43+,44-/m1/s1. The second-order valence-corrected chi connectivity index (χ2v) is 15.9. The Bertz CT molecular complexity index is 1810. The molecule has 4 saturated heterocycles. The van der Waals surface area contributed by atoms with Crippen molar-refractivity contribution in [2.75, 3.05) is 13.2 Å². The summed E-state index contributed by atoms with van der Waals surface area (Å²) in [6.45, 7) is 9.15. The lowest BCUT2D eigenvalue weighted by Gasteiger charge is -2.46. The molecule has 0 amide bonds. The lowest BCUT2D eigenvalue weighted by Crippen LogP contribution is -2.62. The molecule has 4 aromatic rings. The molecule has 0 aliphatic carbocycles. The molecule has 8 rings (SSSR count). The smallest absolute Gasteiger partial charge is 0.190 e. The Morgan fingerprint density at radius 1 is 0.421 bits per heavy atom. The van der Waals surface area contributed by atoms with Crippen LogP contribution in [0.4, 0.5) is 0 Å². The lowest BCUT2D eigenvalue weighted by molar-refractivity contribution is -0.337. The molecule has 6 unspecified atom stereocenters. The molecule has 0 spiro atoms. The third-order valence-electron chi connectivity index (χ3n) is 10.5. The number of hydrogen-bond donors (Lipinski definition) is 0. The molecule has 4 aromatic carbocycles. The van der Waals surface area contributed by atoms with Gasteiger partial charge in [0, 0.05) is 0 Å². The Kier molecular flexibility index (Phi) is 12.8. The summed E-state index contributed by atoms with van der Waals surface area (Å²) >= 11 is 0. The van der Waals surface area contributed by atoms with Crippen molar-refractivity contribution < 1.29 is 52.1 Å². The van der Waals surface area contributed by atoms with Crippen LogP contribution in [-0.2, 0) is 78.5 Å². The van der Waals surface area contributed by atoms with Crippen molar-refractivity contribution in [3.8, 4) is 0 Å². The summed E-state index contributed by atoms with van der Waals surface area (Å²) in [4.78, 5) is 0. The van der Waals surface area contributed by atoms with Gasteiger partial charge in [-0.05, 0) is 49.9 Å². The van der Waals surface area contributed by atoms with Crippen molar-refractivity contribution in [2.24, 2.45) is 0 Å². The molecule has 0 bridgehead atoms. The Morgan fingerprint density at radius 2 is 0.877 bits per heavy atom. The van der Waals surface area contributed by atoms with Crippen molar-refractivity contribution in [1.82, 2.24) is 0 Å². The van der Waals surface area contributed by atoms with Gasteiger partial charge in [-0.2, -0.15) is 0 Å². The van der Waals surface area contributed by atoms with Gasteiger partial charge >= 0.3 is 0 Å². The third kappa shape index (κ3) is 10.2. The van der Waals surface area contributed by atoms with Crippen LogP contribution < -0.4 is 0 Å². The maximum absolute atomic E-state index is 6.91. The molecular weight excluding hydrogens is 728 g/mol. The van der Waals surface area contributed by atoms with Crippen molar-refractivity contribution in [1.29, 1.82) is 0 Å². The first kappa shape index (κ1) is 40.2. The summed E-state index contributed by atoms with van der Waals surface area (Å²) in [6, 6.07) is 40.2. The second kappa shape index (κ2) is 18.1. The number of fused-ring (bicyclic) bond motifs is 3. The van der Waals surface area contributed by atoms with Gasteiger partial charge in [0.2, 0.25) is 0 Å². The van der Waals surface area contributed by atoms with Crippen LogP contribution in [0.25, 0.3) is 0 Å². The summed E-state index contributed by atoms with van der Waals surface area (Å²) in [5, 5.41) is 0. The first-order valence-electron chi connectivity index (χ1n) is 19.9. The minimum Gasteiger partial charge on any atom is -0.374 e. The van der Waals surface area contributed by atoms with Crippen molar-refractivity contribution in [3.63, 3.8) is 0 Å². The van der Waals surface area contributed by atoms with E-state index >= 15 is 0 Å². The highest BCUT2D eigenvalue weighted by Gasteiger charge is 2.61. The third-order valence-corrected chi connectivity index (χ3v) is 10.5. The molecular formula is C46H54O11. The van der Waals surface area contributed by atoms with E-state index in [2.05, 4.69) is 0 Å². The highest BCUT2D eigenvalue weighted by Crippen LogP contribution is 2.44. The Balaban J connectivity index is 1.09. The minimum atomic E-state index is -0.913. The molecule has 0 radical (unpaired) electrons. The normalized spacial score (nSPS) is 31.4. The number of hydrogen-bond acceptors (Lipinski definition) is 11. The maximum atomic E-state index is 6.91. The zero-order valence-corrected chi connectivity index (χ0v) is 33.1. The van der Waals surface area contributed by atoms with Gasteiger partial charge in [0.25, 0.3) is 0 Å². The minimum absolute atomic E-state index is 0.0853. The van der Waals surface area contributed by atoms with Gasteiger partial charge in [0.15, 0.2) is 24.2 Å². The van der Waals surface area contributed by atoms with Crippen LogP contribution in [0.15, 0.2) is 121 Å². The SMILES string of the molecule is CC1(C)OC2C3OC(C)(C)O[C@H]3C(CO[C@H]3OC(COCc4ccccc4)[C@@H](OCc4ccccc4)C(OCc4ccccc4)C3OCc3ccccc3)O[C@@H]2O1. The van der Waals surface area contributed by atoms with Gasteiger partial charge in [-0.1, -0.05) is 121 Å². The van der Waals surface area contributed by atoms with Crippen LogP contribution in [0.1, 0.15) is 49.9 Å². The summed E-state index contributed by atoms with van der Waals surface area (Å²) < 4.78 is 72.3. The summed E-state index contributed by atoms with van der Waals surface area (Å²) in [5.74, 6) is -1.70. The molecule has 0 aromatic heterocycles. The highest BCUT2D eigenvalue weighted by molar-refractivity contribution is 5.16. The summed E-state index contributed by atoms with van der Waals surface area (Å²) in [5.41, 5.74) is 4.08. The van der Waals surface area contributed by atoms with Crippen molar-refractivity contribution in [2.45, 2.75) is 127 Å². The van der Waals surface area contributed by atoms with Crippen LogP contribution in [0.3, 0.4) is 0 Å². The largest absolute Gasteiger partial charge is 0.374 e. The molecule has 4 fully saturated rings. The molecule has 4 heterocycles. The van der Waals surface area contributed by atoms with E-state index in [0.717, 1.165) is 22.3 Å². The van der Waals surface area contributed by atoms with Crippen molar-refractivity contribution in [3.05, 3.63) is 144 Å². The molecule has 0 saturated carbocycles. The van der Waals surface area contributed by atoms with E-state index in [9.17, 15) is 0 Å². The predicted molar refractivity (Wildman–Crippen MR) is 208 cm³/mol. The molecule has 0 N–H and O–H groups in total. The van der Waals surface area contributed by atoms with Crippen molar-refractivity contribution >= 4 is 0 Å².